The molecule has 1 aliphatic heterocycles. The minimum Gasteiger partial charge on any atom is -0.497 e. The first-order valence-corrected chi connectivity index (χ1v) is 9.98. The van der Waals surface area contributed by atoms with E-state index < -0.39 is 0 Å². The molecule has 2 aromatic carbocycles. The molecule has 1 fully saturated rings. The number of carbonyl (C=O) groups is 1. The van der Waals surface area contributed by atoms with Gasteiger partial charge in [-0.3, -0.25) is 4.79 Å². The molecule has 0 atom stereocenters. The molecule has 1 amide bonds. The second-order valence-electron chi connectivity index (χ2n) is 7.02. The lowest BCUT2D eigenvalue weighted by Crippen LogP contribution is -2.41. The normalized spacial score (nSPS) is 14.2. The number of benzene rings is 2. The number of morpholine rings is 1. The molecule has 0 aliphatic carbocycles. The summed E-state index contributed by atoms with van der Waals surface area (Å²) in [5, 5.41) is 14.5. The van der Waals surface area contributed by atoms with Crippen LogP contribution in [0.3, 0.4) is 0 Å². The maximum atomic E-state index is 12.9. The van der Waals surface area contributed by atoms with Crippen LogP contribution in [-0.2, 0) is 9.53 Å². The second-order valence-corrected chi connectivity index (χ2v) is 7.02. The van der Waals surface area contributed by atoms with Crippen LogP contribution in [0.5, 0.6) is 5.75 Å². The second kappa shape index (κ2) is 9.28. The van der Waals surface area contributed by atoms with Gasteiger partial charge in [-0.05, 0) is 30.3 Å². The molecule has 2 heterocycles. The van der Waals surface area contributed by atoms with Gasteiger partial charge in [0.2, 0.25) is 0 Å². The molecule has 1 aromatic heterocycles. The third-order valence-corrected chi connectivity index (χ3v) is 5.06. The summed E-state index contributed by atoms with van der Waals surface area (Å²) in [4.78, 5) is 14.5. The SMILES string of the molecule is COc1cccc(-c2nn(-c3ccccc3)cc2/C=C(/C#N)C(=O)N2CCOCC2)c1. The van der Waals surface area contributed by atoms with Gasteiger partial charge in [0, 0.05) is 30.4 Å². The van der Waals surface area contributed by atoms with Crippen molar-refractivity contribution in [3.8, 4) is 28.8 Å². The Hall–Kier alpha value is -3.89. The van der Waals surface area contributed by atoms with Crippen molar-refractivity contribution in [3.63, 3.8) is 0 Å². The molecule has 7 heteroatoms. The van der Waals surface area contributed by atoms with Gasteiger partial charge in [0.15, 0.2) is 0 Å². The maximum absolute atomic E-state index is 12.9. The standard InChI is InChI=1S/C24H22N4O3/c1-30-22-9-5-6-18(15-22)23-20(17-28(26-23)21-7-3-2-4-8-21)14-19(16-25)24(29)27-10-12-31-13-11-27/h2-9,14-15,17H,10-13H2,1H3/b19-14-. The number of aromatic nitrogens is 2. The fourth-order valence-corrected chi connectivity index (χ4v) is 3.43. The fourth-order valence-electron chi connectivity index (χ4n) is 3.43. The van der Waals surface area contributed by atoms with Gasteiger partial charge in [-0.25, -0.2) is 4.68 Å². The van der Waals surface area contributed by atoms with Crippen molar-refractivity contribution in [1.29, 1.82) is 5.26 Å². The van der Waals surface area contributed by atoms with Crippen LogP contribution in [0.4, 0.5) is 0 Å². The van der Waals surface area contributed by atoms with Gasteiger partial charge in [-0.15, -0.1) is 0 Å². The molecule has 4 rings (SSSR count). The van der Waals surface area contributed by atoms with Crippen molar-refractivity contribution in [2.45, 2.75) is 0 Å². The molecule has 0 spiro atoms. The summed E-state index contributed by atoms with van der Waals surface area (Å²) in [7, 11) is 1.61. The van der Waals surface area contributed by atoms with E-state index in [0.29, 0.717) is 43.3 Å². The summed E-state index contributed by atoms with van der Waals surface area (Å²) in [6, 6.07) is 19.3. The number of ether oxygens (including phenoxy) is 2. The molecule has 0 radical (unpaired) electrons. The Labute approximate surface area is 180 Å². The average molecular weight is 414 g/mol. The predicted octanol–water partition coefficient (Wildman–Crippen LogP) is 3.31. The third kappa shape index (κ3) is 4.49. The Kier molecular flexibility index (Phi) is 6.11. The number of hydrogen-bond donors (Lipinski definition) is 0. The zero-order valence-corrected chi connectivity index (χ0v) is 17.2. The fraction of sp³-hybridized carbons (Fsp3) is 0.208. The van der Waals surface area contributed by atoms with E-state index in [0.717, 1.165) is 11.3 Å². The Bertz CT molecular complexity index is 1140. The van der Waals surface area contributed by atoms with E-state index in [1.165, 1.54) is 0 Å². The van der Waals surface area contributed by atoms with Crippen LogP contribution in [0.2, 0.25) is 0 Å². The Morgan fingerprint density at radius 2 is 1.94 bits per heavy atom. The number of methoxy groups -OCH3 is 1. The molecule has 1 aliphatic rings. The summed E-state index contributed by atoms with van der Waals surface area (Å²) in [6.07, 6.45) is 3.44. The number of nitrogens with zero attached hydrogens (tertiary/aromatic N) is 4. The molecule has 0 saturated carbocycles. The topological polar surface area (TPSA) is 80.4 Å². The Morgan fingerprint density at radius 3 is 2.65 bits per heavy atom. The van der Waals surface area contributed by atoms with Crippen LogP contribution >= 0.6 is 0 Å². The van der Waals surface area contributed by atoms with Gasteiger partial charge in [-0.1, -0.05) is 30.3 Å². The predicted molar refractivity (Wildman–Crippen MR) is 117 cm³/mol. The van der Waals surface area contributed by atoms with Crippen molar-refractivity contribution >= 4 is 12.0 Å². The quantitative estimate of drug-likeness (QED) is 0.473. The first-order chi connectivity index (χ1) is 15.2. The lowest BCUT2D eigenvalue weighted by molar-refractivity contribution is -0.130. The van der Waals surface area contributed by atoms with Gasteiger partial charge in [0.25, 0.3) is 5.91 Å². The van der Waals surface area contributed by atoms with Gasteiger partial charge in [0.1, 0.15) is 23.1 Å². The van der Waals surface area contributed by atoms with Crippen molar-refractivity contribution in [3.05, 3.63) is 71.9 Å². The number of para-hydroxylation sites is 1. The van der Waals surface area contributed by atoms with Gasteiger partial charge < -0.3 is 14.4 Å². The highest BCUT2D eigenvalue weighted by molar-refractivity contribution is 6.02. The van der Waals surface area contributed by atoms with E-state index in [2.05, 4.69) is 6.07 Å². The van der Waals surface area contributed by atoms with Crippen LogP contribution < -0.4 is 4.74 Å². The summed E-state index contributed by atoms with van der Waals surface area (Å²) in [6.45, 7) is 1.91. The Morgan fingerprint density at radius 1 is 1.16 bits per heavy atom. The lowest BCUT2D eigenvalue weighted by Gasteiger charge is -2.26. The highest BCUT2D eigenvalue weighted by atomic mass is 16.5. The first-order valence-electron chi connectivity index (χ1n) is 9.98. The van der Waals surface area contributed by atoms with Crippen LogP contribution in [-0.4, -0.2) is 54.0 Å². The van der Waals surface area contributed by atoms with Crippen LogP contribution in [0, 0.1) is 11.3 Å². The number of nitriles is 1. The summed E-state index contributed by atoms with van der Waals surface area (Å²) in [5.74, 6) is 0.404. The Balaban J connectivity index is 1.79. The van der Waals surface area contributed by atoms with Gasteiger partial charge in [0.05, 0.1) is 26.0 Å². The smallest absolute Gasteiger partial charge is 0.264 e. The minimum atomic E-state index is -0.296. The number of hydrogen-bond acceptors (Lipinski definition) is 5. The summed E-state index contributed by atoms with van der Waals surface area (Å²) < 4.78 is 12.4. The largest absolute Gasteiger partial charge is 0.497 e. The number of carbonyl (C=O) groups excluding carboxylic acids is 1. The molecule has 31 heavy (non-hydrogen) atoms. The summed E-state index contributed by atoms with van der Waals surface area (Å²) >= 11 is 0. The van der Waals surface area contributed by atoms with Crippen molar-refractivity contribution in [1.82, 2.24) is 14.7 Å². The van der Waals surface area contributed by atoms with Crippen molar-refractivity contribution in [2.24, 2.45) is 0 Å². The zero-order valence-electron chi connectivity index (χ0n) is 17.2. The van der Waals surface area contributed by atoms with E-state index in [9.17, 15) is 10.1 Å². The molecular formula is C24H22N4O3. The van der Waals surface area contributed by atoms with E-state index in [4.69, 9.17) is 14.6 Å². The monoisotopic (exact) mass is 414 g/mol. The van der Waals surface area contributed by atoms with Gasteiger partial charge in [-0.2, -0.15) is 10.4 Å². The van der Waals surface area contributed by atoms with Crippen LogP contribution in [0.15, 0.2) is 66.4 Å². The van der Waals surface area contributed by atoms with E-state index in [-0.39, 0.29) is 11.5 Å². The summed E-state index contributed by atoms with van der Waals surface area (Å²) in [5.41, 5.74) is 3.11. The highest BCUT2D eigenvalue weighted by Crippen LogP contribution is 2.28. The molecule has 1 saturated heterocycles. The molecule has 3 aromatic rings. The minimum absolute atomic E-state index is 0.0682. The molecular weight excluding hydrogens is 392 g/mol. The third-order valence-electron chi connectivity index (χ3n) is 5.06. The van der Waals surface area contributed by atoms with Crippen molar-refractivity contribution < 1.29 is 14.3 Å². The molecule has 0 unspecified atom stereocenters. The highest BCUT2D eigenvalue weighted by Gasteiger charge is 2.22. The van der Waals surface area contributed by atoms with E-state index in [1.807, 2.05) is 60.8 Å². The first kappa shape index (κ1) is 20.4. The van der Waals surface area contributed by atoms with Crippen LogP contribution in [0.1, 0.15) is 5.56 Å². The van der Waals surface area contributed by atoms with Crippen LogP contribution in [0.25, 0.3) is 23.0 Å². The average Bonchev–Trinajstić information content (AvgIpc) is 3.27. The molecule has 0 bridgehead atoms. The number of amides is 1. The molecule has 7 nitrogen and oxygen atoms in total. The van der Waals surface area contributed by atoms with Crippen molar-refractivity contribution in [2.75, 3.05) is 33.4 Å². The molecule has 156 valence electrons. The molecule has 0 N–H and O–H groups in total. The van der Waals surface area contributed by atoms with E-state index in [1.54, 1.807) is 22.8 Å². The van der Waals surface area contributed by atoms with E-state index >= 15 is 0 Å². The zero-order chi connectivity index (χ0) is 21.6. The number of rotatable bonds is 5. The lowest BCUT2D eigenvalue weighted by atomic mass is 10.1. The maximum Gasteiger partial charge on any atom is 0.264 e. The van der Waals surface area contributed by atoms with Gasteiger partial charge >= 0.3 is 0 Å².